The molecular formula is C16H25N5O2. The van der Waals surface area contributed by atoms with Gasteiger partial charge >= 0.3 is 0 Å². The van der Waals surface area contributed by atoms with Crippen LogP contribution in [0.2, 0.25) is 0 Å². The van der Waals surface area contributed by atoms with Gasteiger partial charge in [0.2, 0.25) is 5.91 Å². The van der Waals surface area contributed by atoms with Gasteiger partial charge in [-0.1, -0.05) is 0 Å². The van der Waals surface area contributed by atoms with E-state index in [0.29, 0.717) is 5.92 Å². The van der Waals surface area contributed by atoms with Crippen LogP contribution in [0.4, 0.5) is 11.6 Å². The fourth-order valence-corrected chi connectivity index (χ4v) is 3.56. The normalized spacial score (nSPS) is 25.5. The maximum Gasteiger partial charge on any atom is 0.246 e. The van der Waals surface area contributed by atoms with Crippen LogP contribution in [0.3, 0.4) is 0 Å². The van der Waals surface area contributed by atoms with Gasteiger partial charge in [-0.3, -0.25) is 4.79 Å². The van der Waals surface area contributed by atoms with Crippen LogP contribution in [-0.2, 0) is 9.53 Å². The van der Waals surface area contributed by atoms with E-state index in [2.05, 4.69) is 27.1 Å². The van der Waals surface area contributed by atoms with Crippen molar-refractivity contribution in [1.29, 1.82) is 0 Å². The van der Waals surface area contributed by atoms with E-state index in [4.69, 9.17) is 10.5 Å². The highest BCUT2D eigenvalue weighted by Crippen LogP contribution is 2.33. The molecule has 0 aromatic carbocycles. The standard InChI is InChI=1S/C16H25N5O2/c1-2-18-15-16(20-8-7-19-15)21-9-5-11(6-10-21)12-3-4-13(23-12)14(17)22/h7-8,11-13H,2-6,9-10H2,1H3,(H2,17,22)(H,18,19)/t12-,13+/m0/s1. The number of hydrogen-bond donors (Lipinski definition) is 2. The molecule has 2 fully saturated rings. The van der Waals surface area contributed by atoms with Gasteiger partial charge < -0.3 is 20.7 Å². The van der Waals surface area contributed by atoms with E-state index >= 15 is 0 Å². The van der Waals surface area contributed by atoms with E-state index in [1.807, 2.05) is 0 Å². The molecule has 3 heterocycles. The van der Waals surface area contributed by atoms with Gasteiger partial charge in [-0.05, 0) is 38.5 Å². The molecule has 0 saturated carbocycles. The van der Waals surface area contributed by atoms with Gasteiger partial charge in [-0.25, -0.2) is 9.97 Å². The number of piperidine rings is 1. The van der Waals surface area contributed by atoms with Gasteiger partial charge in [0.25, 0.3) is 0 Å². The lowest BCUT2D eigenvalue weighted by molar-refractivity contribution is -0.130. The Kier molecular flexibility index (Phi) is 4.95. The van der Waals surface area contributed by atoms with Crippen molar-refractivity contribution in [3.63, 3.8) is 0 Å². The van der Waals surface area contributed by atoms with Crippen molar-refractivity contribution in [2.24, 2.45) is 11.7 Å². The first-order valence-corrected chi connectivity index (χ1v) is 8.43. The fourth-order valence-electron chi connectivity index (χ4n) is 3.56. The van der Waals surface area contributed by atoms with Crippen LogP contribution in [0.5, 0.6) is 0 Å². The zero-order valence-electron chi connectivity index (χ0n) is 13.6. The predicted octanol–water partition coefficient (Wildman–Crippen LogP) is 1.16. The van der Waals surface area contributed by atoms with E-state index in [-0.39, 0.29) is 12.0 Å². The number of nitrogens with two attached hydrogens (primary N) is 1. The summed E-state index contributed by atoms with van der Waals surface area (Å²) in [7, 11) is 0. The van der Waals surface area contributed by atoms with Crippen LogP contribution in [0.1, 0.15) is 32.6 Å². The molecule has 3 rings (SSSR count). The number of carbonyl (C=O) groups excluding carboxylic acids is 1. The van der Waals surface area contributed by atoms with E-state index in [1.165, 1.54) is 0 Å². The van der Waals surface area contributed by atoms with E-state index < -0.39 is 6.10 Å². The number of nitrogens with zero attached hydrogens (tertiary/aromatic N) is 3. The maximum absolute atomic E-state index is 11.2. The lowest BCUT2D eigenvalue weighted by Gasteiger charge is -2.35. The molecule has 126 valence electrons. The molecule has 1 aromatic heterocycles. The Morgan fingerprint density at radius 2 is 2.04 bits per heavy atom. The highest BCUT2D eigenvalue weighted by Gasteiger charge is 2.36. The Hall–Kier alpha value is -1.89. The van der Waals surface area contributed by atoms with Crippen LogP contribution in [0.15, 0.2) is 12.4 Å². The van der Waals surface area contributed by atoms with Crippen molar-refractivity contribution in [3.05, 3.63) is 12.4 Å². The lowest BCUT2D eigenvalue weighted by atomic mass is 9.90. The Labute approximate surface area is 136 Å². The summed E-state index contributed by atoms with van der Waals surface area (Å²) in [6.45, 7) is 4.75. The summed E-state index contributed by atoms with van der Waals surface area (Å²) in [6.07, 6.45) is 7.00. The molecule has 2 saturated heterocycles. The molecule has 7 heteroatoms. The average Bonchev–Trinajstić information content (AvgIpc) is 3.06. The van der Waals surface area contributed by atoms with E-state index in [0.717, 1.165) is 57.0 Å². The summed E-state index contributed by atoms with van der Waals surface area (Å²) in [5.41, 5.74) is 5.34. The van der Waals surface area contributed by atoms with Gasteiger partial charge in [0, 0.05) is 32.0 Å². The van der Waals surface area contributed by atoms with Crippen LogP contribution < -0.4 is 16.0 Å². The third-order valence-corrected chi connectivity index (χ3v) is 4.76. The minimum Gasteiger partial charge on any atom is -0.367 e. The molecule has 1 aromatic rings. The summed E-state index contributed by atoms with van der Waals surface area (Å²) >= 11 is 0. The Balaban J connectivity index is 1.58. The first-order valence-electron chi connectivity index (χ1n) is 8.43. The molecule has 7 nitrogen and oxygen atoms in total. The summed E-state index contributed by atoms with van der Waals surface area (Å²) in [4.78, 5) is 22.4. The summed E-state index contributed by atoms with van der Waals surface area (Å²) in [5.74, 6) is 1.93. The molecular weight excluding hydrogens is 294 g/mol. The molecule has 3 N–H and O–H groups in total. The van der Waals surface area contributed by atoms with Crippen molar-refractivity contribution in [2.45, 2.75) is 44.8 Å². The van der Waals surface area contributed by atoms with Crippen LogP contribution in [-0.4, -0.2) is 47.7 Å². The minimum atomic E-state index is -0.390. The highest BCUT2D eigenvalue weighted by atomic mass is 16.5. The predicted molar refractivity (Wildman–Crippen MR) is 88.2 cm³/mol. The second kappa shape index (κ2) is 7.12. The van der Waals surface area contributed by atoms with Crippen molar-refractivity contribution in [1.82, 2.24) is 9.97 Å². The largest absolute Gasteiger partial charge is 0.367 e. The molecule has 2 aliphatic heterocycles. The zero-order chi connectivity index (χ0) is 16.2. The molecule has 0 unspecified atom stereocenters. The molecule has 0 spiro atoms. The average molecular weight is 319 g/mol. The van der Waals surface area contributed by atoms with E-state index in [9.17, 15) is 4.79 Å². The Bertz CT molecular complexity index is 545. The van der Waals surface area contributed by atoms with Crippen molar-refractivity contribution in [3.8, 4) is 0 Å². The van der Waals surface area contributed by atoms with Gasteiger partial charge in [-0.2, -0.15) is 0 Å². The topological polar surface area (TPSA) is 93.4 Å². The van der Waals surface area contributed by atoms with Gasteiger partial charge in [-0.15, -0.1) is 0 Å². The van der Waals surface area contributed by atoms with Gasteiger partial charge in [0.15, 0.2) is 11.6 Å². The minimum absolute atomic E-state index is 0.171. The molecule has 1 amide bonds. The zero-order valence-corrected chi connectivity index (χ0v) is 13.6. The quantitative estimate of drug-likeness (QED) is 0.846. The third-order valence-electron chi connectivity index (χ3n) is 4.76. The number of primary amides is 1. The van der Waals surface area contributed by atoms with Gasteiger partial charge in [0.1, 0.15) is 6.10 Å². The van der Waals surface area contributed by atoms with Crippen molar-refractivity contribution in [2.75, 3.05) is 29.9 Å². The monoisotopic (exact) mass is 319 g/mol. The summed E-state index contributed by atoms with van der Waals surface area (Å²) in [6, 6.07) is 0. The number of aromatic nitrogens is 2. The fraction of sp³-hybridized carbons (Fsp3) is 0.688. The highest BCUT2D eigenvalue weighted by molar-refractivity contribution is 5.79. The number of amides is 1. The molecule has 23 heavy (non-hydrogen) atoms. The number of carbonyl (C=O) groups is 1. The molecule has 2 aliphatic rings. The van der Waals surface area contributed by atoms with Crippen LogP contribution in [0, 0.1) is 5.92 Å². The molecule has 0 bridgehead atoms. The second-order valence-electron chi connectivity index (χ2n) is 6.23. The van der Waals surface area contributed by atoms with Gasteiger partial charge in [0.05, 0.1) is 6.10 Å². The molecule has 0 radical (unpaired) electrons. The smallest absolute Gasteiger partial charge is 0.246 e. The maximum atomic E-state index is 11.2. The van der Waals surface area contributed by atoms with Crippen LogP contribution in [0.25, 0.3) is 0 Å². The van der Waals surface area contributed by atoms with Crippen molar-refractivity contribution < 1.29 is 9.53 Å². The summed E-state index contributed by atoms with van der Waals surface area (Å²) < 4.78 is 5.83. The number of rotatable bonds is 5. The number of hydrogen-bond acceptors (Lipinski definition) is 6. The number of ether oxygens (including phenoxy) is 1. The molecule has 2 atom stereocenters. The van der Waals surface area contributed by atoms with Crippen molar-refractivity contribution >= 4 is 17.5 Å². The SMILES string of the molecule is CCNc1nccnc1N1CCC([C@@H]2CC[C@H](C(N)=O)O2)CC1. The van der Waals surface area contributed by atoms with Crippen LogP contribution >= 0.6 is 0 Å². The lowest BCUT2D eigenvalue weighted by Crippen LogP contribution is -2.39. The number of nitrogens with one attached hydrogen (secondary N) is 1. The Morgan fingerprint density at radius 3 is 2.70 bits per heavy atom. The first-order chi connectivity index (χ1) is 11.2. The molecule has 0 aliphatic carbocycles. The Morgan fingerprint density at radius 1 is 1.30 bits per heavy atom. The number of anilines is 2. The third kappa shape index (κ3) is 3.55. The van der Waals surface area contributed by atoms with E-state index in [1.54, 1.807) is 12.4 Å². The second-order valence-corrected chi connectivity index (χ2v) is 6.23. The summed E-state index contributed by atoms with van der Waals surface area (Å²) in [5, 5.41) is 3.27. The first kappa shape index (κ1) is 16.0.